The van der Waals surface area contributed by atoms with Crippen LogP contribution < -0.4 is 4.74 Å². The van der Waals surface area contributed by atoms with Gasteiger partial charge in [-0.15, -0.1) is 11.3 Å². The summed E-state index contributed by atoms with van der Waals surface area (Å²) >= 11 is 7.75. The Morgan fingerprint density at radius 1 is 1.41 bits per heavy atom. The van der Waals surface area contributed by atoms with Gasteiger partial charge in [-0.05, 0) is 61.9 Å². The van der Waals surface area contributed by atoms with Crippen molar-refractivity contribution in [3.8, 4) is 17.6 Å². The maximum absolute atomic E-state index is 13.1. The van der Waals surface area contributed by atoms with Crippen molar-refractivity contribution < 1.29 is 19.0 Å². The summed E-state index contributed by atoms with van der Waals surface area (Å²) < 4.78 is 18.4. The molecule has 0 spiro atoms. The standard InChI is InChI=1S/C26H26ClFN2O3S/c1-33-19-7-8-25-22(13-19)21(24(27)14-29-25)6-2-4-17-9-11-30(15-23(17)26(31)32)10-3-5-20-12-18(28)16-34-20/h7-8,12-14,16-17,23H,2,4,6,9-11,15H2,1H3,(H,31,32). The molecule has 2 atom stereocenters. The van der Waals surface area contributed by atoms with E-state index in [1.54, 1.807) is 13.3 Å². The number of aryl methyl sites for hydroxylation is 1. The van der Waals surface area contributed by atoms with Gasteiger partial charge >= 0.3 is 5.97 Å². The number of aliphatic carboxylic acids is 1. The summed E-state index contributed by atoms with van der Waals surface area (Å²) in [6, 6.07) is 7.16. The quantitative estimate of drug-likeness (QED) is 0.434. The molecule has 5 nitrogen and oxygen atoms in total. The predicted octanol–water partition coefficient (Wildman–Crippen LogP) is 5.49. The van der Waals surface area contributed by atoms with Gasteiger partial charge in [-0.2, -0.15) is 0 Å². The van der Waals surface area contributed by atoms with Crippen LogP contribution in [-0.4, -0.2) is 47.7 Å². The Labute approximate surface area is 207 Å². The highest BCUT2D eigenvalue weighted by atomic mass is 35.5. The van der Waals surface area contributed by atoms with Crippen molar-refractivity contribution in [3.63, 3.8) is 0 Å². The van der Waals surface area contributed by atoms with Gasteiger partial charge in [0, 0.05) is 29.6 Å². The SMILES string of the molecule is COc1ccc2ncc(Cl)c(CCCC3CCN(CC#Cc4cc(F)cs4)CC3C(=O)O)c2c1. The number of hydrogen-bond acceptors (Lipinski definition) is 5. The first kappa shape index (κ1) is 24.5. The van der Waals surface area contributed by atoms with Crippen molar-refractivity contribution in [1.82, 2.24) is 9.88 Å². The molecule has 2 aromatic heterocycles. The van der Waals surface area contributed by atoms with E-state index in [0.29, 0.717) is 23.0 Å². The fraction of sp³-hybridized carbons (Fsp3) is 0.385. The van der Waals surface area contributed by atoms with E-state index in [1.807, 2.05) is 18.2 Å². The van der Waals surface area contributed by atoms with Gasteiger partial charge in [-0.25, -0.2) is 4.39 Å². The first-order valence-electron chi connectivity index (χ1n) is 11.2. The lowest BCUT2D eigenvalue weighted by Crippen LogP contribution is -2.44. The molecule has 1 aliphatic rings. The minimum absolute atomic E-state index is 0.106. The molecule has 1 fully saturated rings. The number of methoxy groups -OCH3 is 1. The number of halogens is 2. The van der Waals surface area contributed by atoms with Crippen molar-refractivity contribution in [1.29, 1.82) is 0 Å². The molecule has 0 radical (unpaired) electrons. The first-order valence-corrected chi connectivity index (χ1v) is 12.5. The van der Waals surface area contributed by atoms with Crippen LogP contribution in [0.25, 0.3) is 10.9 Å². The molecule has 34 heavy (non-hydrogen) atoms. The van der Waals surface area contributed by atoms with Crippen molar-refractivity contribution in [2.24, 2.45) is 11.8 Å². The van der Waals surface area contributed by atoms with Crippen LogP contribution >= 0.6 is 22.9 Å². The van der Waals surface area contributed by atoms with E-state index in [0.717, 1.165) is 54.4 Å². The zero-order valence-electron chi connectivity index (χ0n) is 18.9. The number of fused-ring (bicyclic) bond motifs is 1. The molecule has 8 heteroatoms. The minimum Gasteiger partial charge on any atom is -0.497 e. The molecule has 3 heterocycles. The summed E-state index contributed by atoms with van der Waals surface area (Å²) in [6.07, 6.45) is 4.89. The third-order valence-electron chi connectivity index (χ3n) is 6.37. The molecule has 1 N–H and O–H groups in total. The molecule has 1 saturated heterocycles. The predicted molar refractivity (Wildman–Crippen MR) is 133 cm³/mol. The van der Waals surface area contributed by atoms with Crippen molar-refractivity contribution in [2.75, 3.05) is 26.7 Å². The number of ether oxygens (including phenoxy) is 1. The second kappa shape index (κ2) is 11.2. The normalized spacial score (nSPS) is 18.4. The number of rotatable bonds is 7. The van der Waals surface area contributed by atoms with Crippen molar-refractivity contribution in [3.05, 3.63) is 57.1 Å². The summed E-state index contributed by atoms with van der Waals surface area (Å²) in [6.45, 7) is 1.76. The van der Waals surface area contributed by atoms with E-state index in [1.165, 1.54) is 22.8 Å². The number of likely N-dealkylation sites (tertiary alicyclic amines) is 1. The summed E-state index contributed by atoms with van der Waals surface area (Å²) in [5, 5.41) is 12.9. The Hall–Kier alpha value is -2.66. The Kier molecular flexibility index (Phi) is 8.04. The van der Waals surface area contributed by atoms with Crippen LogP contribution in [0, 0.1) is 29.5 Å². The lowest BCUT2D eigenvalue weighted by atomic mass is 9.81. The van der Waals surface area contributed by atoms with E-state index in [-0.39, 0.29) is 11.7 Å². The number of thiophene rings is 1. The van der Waals surface area contributed by atoms with Crippen molar-refractivity contribution in [2.45, 2.75) is 25.7 Å². The fourth-order valence-electron chi connectivity index (χ4n) is 4.58. The third-order valence-corrected chi connectivity index (χ3v) is 7.52. The summed E-state index contributed by atoms with van der Waals surface area (Å²) in [5.74, 6) is 5.40. The second-order valence-corrected chi connectivity index (χ2v) is 9.84. The van der Waals surface area contributed by atoms with Gasteiger partial charge < -0.3 is 9.84 Å². The highest BCUT2D eigenvalue weighted by molar-refractivity contribution is 7.10. The van der Waals surface area contributed by atoms with E-state index < -0.39 is 11.9 Å². The first-order chi connectivity index (χ1) is 16.4. The topological polar surface area (TPSA) is 62.7 Å². The molecular weight excluding hydrogens is 475 g/mol. The number of hydrogen-bond donors (Lipinski definition) is 1. The Bertz CT molecular complexity index is 1240. The molecule has 178 valence electrons. The smallest absolute Gasteiger partial charge is 0.308 e. The molecule has 2 unspecified atom stereocenters. The van der Waals surface area contributed by atoms with Crippen LogP contribution in [-0.2, 0) is 11.2 Å². The number of piperidine rings is 1. The zero-order valence-corrected chi connectivity index (χ0v) is 20.5. The molecule has 0 aliphatic carbocycles. The average molecular weight is 501 g/mol. The van der Waals surface area contributed by atoms with Crippen LogP contribution in [0.5, 0.6) is 5.75 Å². The maximum Gasteiger partial charge on any atom is 0.308 e. The van der Waals surface area contributed by atoms with Crippen LogP contribution in [0.4, 0.5) is 4.39 Å². The molecule has 1 aromatic carbocycles. The van der Waals surface area contributed by atoms with Crippen LogP contribution in [0.1, 0.15) is 29.7 Å². The van der Waals surface area contributed by atoms with Crippen LogP contribution in [0.15, 0.2) is 35.8 Å². The molecule has 0 saturated carbocycles. The molecule has 1 aliphatic heterocycles. The number of benzene rings is 1. The van der Waals surface area contributed by atoms with Gasteiger partial charge in [0.25, 0.3) is 0 Å². The number of aromatic nitrogens is 1. The van der Waals surface area contributed by atoms with E-state index >= 15 is 0 Å². The van der Waals surface area contributed by atoms with Gasteiger partial charge in [0.05, 0.1) is 35.0 Å². The van der Waals surface area contributed by atoms with Gasteiger partial charge in [0.2, 0.25) is 0 Å². The van der Waals surface area contributed by atoms with E-state index in [4.69, 9.17) is 16.3 Å². The number of pyridine rings is 1. The third kappa shape index (κ3) is 5.87. The molecule has 0 amide bonds. The zero-order chi connectivity index (χ0) is 24.1. The Morgan fingerprint density at radius 3 is 3.00 bits per heavy atom. The van der Waals surface area contributed by atoms with Gasteiger partial charge in [-0.1, -0.05) is 23.4 Å². The summed E-state index contributed by atoms with van der Waals surface area (Å²) in [7, 11) is 1.63. The fourth-order valence-corrected chi connectivity index (χ4v) is 5.44. The van der Waals surface area contributed by atoms with Gasteiger partial charge in [0.1, 0.15) is 11.6 Å². The van der Waals surface area contributed by atoms with Crippen LogP contribution in [0.2, 0.25) is 5.02 Å². The van der Waals surface area contributed by atoms with Gasteiger partial charge in [0.15, 0.2) is 0 Å². The van der Waals surface area contributed by atoms with Gasteiger partial charge in [-0.3, -0.25) is 14.7 Å². The van der Waals surface area contributed by atoms with Crippen molar-refractivity contribution >= 4 is 39.8 Å². The van der Waals surface area contributed by atoms with E-state index in [9.17, 15) is 14.3 Å². The molecule has 3 aromatic rings. The highest BCUT2D eigenvalue weighted by Crippen LogP contribution is 2.32. The Morgan fingerprint density at radius 2 is 2.26 bits per heavy atom. The second-order valence-electron chi connectivity index (χ2n) is 8.52. The maximum atomic E-state index is 13.1. The summed E-state index contributed by atoms with van der Waals surface area (Å²) in [5.41, 5.74) is 1.89. The molecular formula is C26H26ClFN2O3S. The highest BCUT2D eigenvalue weighted by Gasteiger charge is 2.33. The summed E-state index contributed by atoms with van der Waals surface area (Å²) in [4.78, 5) is 19.2. The molecule has 4 rings (SSSR count). The number of carboxylic acid groups (broad SMARTS) is 1. The average Bonchev–Trinajstić information content (AvgIpc) is 3.25. The van der Waals surface area contributed by atoms with E-state index in [2.05, 4.69) is 21.7 Å². The largest absolute Gasteiger partial charge is 0.497 e. The van der Waals surface area contributed by atoms with Crippen LogP contribution in [0.3, 0.4) is 0 Å². The number of carbonyl (C=O) groups is 1. The molecule has 0 bridgehead atoms. The lowest BCUT2D eigenvalue weighted by molar-refractivity contribution is -0.146. The monoisotopic (exact) mass is 500 g/mol. The lowest BCUT2D eigenvalue weighted by Gasteiger charge is -2.35. The Balaban J connectivity index is 1.37. The number of carboxylic acids is 1. The number of nitrogens with zero attached hydrogens (tertiary/aromatic N) is 2. The minimum atomic E-state index is -0.764.